The van der Waals surface area contributed by atoms with Crippen molar-refractivity contribution in [3.8, 4) is 6.07 Å². The molecule has 1 aromatic heterocycles. The summed E-state index contributed by atoms with van der Waals surface area (Å²) in [5, 5.41) is 14.2. The molecule has 0 spiro atoms. The van der Waals surface area contributed by atoms with E-state index in [2.05, 4.69) is 11.4 Å². The van der Waals surface area contributed by atoms with Crippen LogP contribution in [0.4, 0.5) is 5.00 Å². The number of thiophene rings is 1. The van der Waals surface area contributed by atoms with Crippen LogP contribution in [-0.2, 0) is 9.53 Å². The van der Waals surface area contributed by atoms with Crippen molar-refractivity contribution in [2.24, 2.45) is 17.1 Å². The summed E-state index contributed by atoms with van der Waals surface area (Å²) in [6, 6.07) is 3.76. The average molecular weight is 291 g/mol. The molecule has 1 saturated carbocycles. The molecule has 0 bridgehead atoms. The van der Waals surface area contributed by atoms with E-state index >= 15 is 0 Å². The van der Waals surface area contributed by atoms with Gasteiger partial charge in [-0.2, -0.15) is 5.26 Å². The highest BCUT2D eigenvalue weighted by Crippen LogP contribution is 2.58. The van der Waals surface area contributed by atoms with Gasteiger partial charge in [-0.25, -0.2) is 0 Å². The number of amides is 1. The van der Waals surface area contributed by atoms with E-state index < -0.39 is 11.0 Å². The number of nitriles is 1. The van der Waals surface area contributed by atoms with Crippen LogP contribution in [0.2, 0.25) is 0 Å². The van der Waals surface area contributed by atoms with Gasteiger partial charge in [-0.05, 0) is 17.9 Å². The second-order valence-corrected chi connectivity index (χ2v) is 6.92. The zero-order valence-electron chi connectivity index (χ0n) is 11.5. The first kappa shape index (κ1) is 13.6. The molecule has 3 N–H and O–H groups in total. The van der Waals surface area contributed by atoms with Gasteiger partial charge in [0.1, 0.15) is 16.6 Å². The Morgan fingerprint density at radius 2 is 2.40 bits per heavy atom. The number of fused-ring (bicyclic) bond motifs is 1. The van der Waals surface area contributed by atoms with Crippen LogP contribution < -0.4 is 11.1 Å². The number of carbonyl (C=O) groups is 1. The number of ether oxygens (including phenoxy) is 1. The number of nitrogens with two attached hydrogens (primary N) is 1. The largest absolute Gasteiger partial charge is 0.377 e. The Morgan fingerprint density at radius 1 is 1.65 bits per heavy atom. The normalized spacial score (nSPS) is 33.9. The fraction of sp³-hybridized carbons (Fsp3) is 0.571. The van der Waals surface area contributed by atoms with Gasteiger partial charge in [0.15, 0.2) is 0 Å². The van der Waals surface area contributed by atoms with Crippen molar-refractivity contribution in [3.63, 3.8) is 0 Å². The van der Waals surface area contributed by atoms with E-state index in [0.717, 1.165) is 6.42 Å². The maximum atomic E-state index is 12.6. The Morgan fingerprint density at radius 3 is 3.10 bits per heavy atom. The lowest BCUT2D eigenvalue weighted by atomic mass is 9.48. The summed E-state index contributed by atoms with van der Waals surface area (Å²) in [5.74, 6) is -0.156. The zero-order valence-corrected chi connectivity index (χ0v) is 12.3. The Hall–Kier alpha value is -1.42. The molecule has 1 saturated heterocycles. The maximum Gasteiger partial charge on any atom is 0.246 e. The first-order chi connectivity index (χ1) is 9.42. The molecular formula is C14H17N3O2S. The summed E-state index contributed by atoms with van der Waals surface area (Å²) in [5.41, 5.74) is 5.58. The van der Waals surface area contributed by atoms with Crippen LogP contribution in [0, 0.1) is 22.7 Å². The molecule has 2 heterocycles. The van der Waals surface area contributed by atoms with Gasteiger partial charge in [0.25, 0.3) is 0 Å². The first-order valence-electron chi connectivity index (χ1n) is 6.62. The molecule has 2 aliphatic rings. The van der Waals surface area contributed by atoms with E-state index in [1.807, 2.05) is 13.8 Å². The molecule has 5 nitrogen and oxygen atoms in total. The molecule has 3 atom stereocenters. The summed E-state index contributed by atoms with van der Waals surface area (Å²) in [7, 11) is 0. The van der Waals surface area contributed by atoms with Crippen molar-refractivity contribution in [2.75, 3.05) is 11.9 Å². The Bertz CT molecular complexity index is 604. The van der Waals surface area contributed by atoms with Gasteiger partial charge in [0.05, 0.1) is 11.7 Å². The minimum atomic E-state index is -0.940. The van der Waals surface area contributed by atoms with Crippen molar-refractivity contribution in [1.29, 1.82) is 5.26 Å². The lowest BCUT2D eigenvalue weighted by molar-refractivity contribution is -0.170. The standard InChI is InChI=1S/C14H17N3O2S/c1-13(2)10-9(3-5-19-10)14(13,16)12(18)17-11-8(7-15)4-6-20-11/h4,6,9-10H,3,5,16H2,1-2H3,(H,17,18). The molecule has 0 aromatic carbocycles. The molecule has 3 unspecified atom stereocenters. The smallest absolute Gasteiger partial charge is 0.246 e. The van der Waals surface area contributed by atoms with Gasteiger partial charge < -0.3 is 15.8 Å². The first-order valence-corrected chi connectivity index (χ1v) is 7.50. The molecular weight excluding hydrogens is 274 g/mol. The van der Waals surface area contributed by atoms with Crippen molar-refractivity contribution in [2.45, 2.75) is 31.9 Å². The summed E-state index contributed by atoms with van der Waals surface area (Å²) in [6.45, 7) is 4.60. The van der Waals surface area contributed by atoms with E-state index in [9.17, 15) is 4.79 Å². The van der Waals surface area contributed by atoms with Gasteiger partial charge >= 0.3 is 0 Å². The van der Waals surface area contributed by atoms with Crippen LogP contribution in [0.3, 0.4) is 0 Å². The summed E-state index contributed by atoms with van der Waals surface area (Å²) in [6.07, 6.45) is 0.866. The maximum absolute atomic E-state index is 12.6. The van der Waals surface area contributed by atoms with Crippen molar-refractivity contribution >= 4 is 22.2 Å². The number of hydrogen-bond acceptors (Lipinski definition) is 5. The van der Waals surface area contributed by atoms with Gasteiger partial charge in [0, 0.05) is 17.9 Å². The molecule has 106 valence electrons. The average Bonchev–Trinajstić information content (AvgIpc) is 3.05. The van der Waals surface area contributed by atoms with E-state index in [-0.39, 0.29) is 17.9 Å². The minimum absolute atomic E-state index is 0.0528. The molecule has 1 amide bonds. The van der Waals surface area contributed by atoms with Crippen LogP contribution in [-0.4, -0.2) is 24.2 Å². The third kappa shape index (κ3) is 1.51. The van der Waals surface area contributed by atoms with E-state index in [0.29, 0.717) is 17.2 Å². The SMILES string of the molecule is CC1(C)C2OCCC2C1(N)C(=O)Nc1sccc1C#N. The Kier molecular flexibility index (Phi) is 2.91. The summed E-state index contributed by atoms with van der Waals surface area (Å²) >= 11 is 1.34. The number of hydrogen-bond donors (Lipinski definition) is 2. The molecule has 3 rings (SSSR count). The van der Waals surface area contributed by atoms with Gasteiger partial charge in [-0.3, -0.25) is 4.79 Å². The van der Waals surface area contributed by atoms with E-state index in [1.165, 1.54) is 11.3 Å². The van der Waals surface area contributed by atoms with Crippen molar-refractivity contribution in [1.82, 2.24) is 0 Å². The van der Waals surface area contributed by atoms with Crippen molar-refractivity contribution < 1.29 is 9.53 Å². The molecule has 2 fully saturated rings. The van der Waals surface area contributed by atoms with Gasteiger partial charge in [-0.1, -0.05) is 13.8 Å². The zero-order chi connectivity index (χ0) is 14.5. The number of anilines is 1. The predicted octanol–water partition coefficient (Wildman–Crippen LogP) is 1.70. The van der Waals surface area contributed by atoms with Crippen LogP contribution in [0.15, 0.2) is 11.4 Å². The second kappa shape index (κ2) is 4.29. The van der Waals surface area contributed by atoms with E-state index in [4.69, 9.17) is 15.7 Å². The highest BCUT2D eigenvalue weighted by molar-refractivity contribution is 7.14. The van der Waals surface area contributed by atoms with Crippen LogP contribution in [0.1, 0.15) is 25.8 Å². The number of nitrogens with zero attached hydrogens (tertiary/aromatic N) is 1. The highest BCUT2D eigenvalue weighted by Gasteiger charge is 2.71. The number of nitrogens with one attached hydrogen (secondary N) is 1. The topological polar surface area (TPSA) is 88.1 Å². The van der Waals surface area contributed by atoms with Gasteiger partial charge in [0.2, 0.25) is 5.91 Å². The third-order valence-corrected chi connectivity index (χ3v) is 5.67. The fourth-order valence-electron chi connectivity index (χ4n) is 3.55. The summed E-state index contributed by atoms with van der Waals surface area (Å²) in [4.78, 5) is 12.6. The molecule has 1 aliphatic carbocycles. The number of carbonyl (C=O) groups excluding carboxylic acids is 1. The molecule has 1 aromatic rings. The van der Waals surface area contributed by atoms with Gasteiger partial charge in [-0.15, -0.1) is 11.3 Å². The quantitative estimate of drug-likeness (QED) is 0.868. The second-order valence-electron chi connectivity index (χ2n) is 6.01. The van der Waals surface area contributed by atoms with Crippen molar-refractivity contribution in [3.05, 3.63) is 17.0 Å². The predicted molar refractivity (Wildman–Crippen MR) is 76.2 cm³/mol. The molecule has 0 radical (unpaired) electrons. The van der Waals surface area contributed by atoms with Crippen LogP contribution in [0.25, 0.3) is 0 Å². The van der Waals surface area contributed by atoms with Crippen LogP contribution >= 0.6 is 11.3 Å². The molecule has 20 heavy (non-hydrogen) atoms. The Balaban J connectivity index is 1.86. The lowest BCUT2D eigenvalue weighted by Crippen LogP contribution is -2.79. The highest BCUT2D eigenvalue weighted by atomic mass is 32.1. The van der Waals surface area contributed by atoms with E-state index in [1.54, 1.807) is 11.4 Å². The fourth-order valence-corrected chi connectivity index (χ4v) is 4.28. The summed E-state index contributed by atoms with van der Waals surface area (Å²) < 4.78 is 5.68. The van der Waals surface area contributed by atoms with Crippen LogP contribution in [0.5, 0.6) is 0 Å². The monoisotopic (exact) mass is 291 g/mol. The third-order valence-electron chi connectivity index (χ3n) is 4.84. The molecule has 6 heteroatoms. The lowest BCUT2D eigenvalue weighted by Gasteiger charge is -2.60. The Labute approximate surface area is 121 Å². The number of rotatable bonds is 2. The minimum Gasteiger partial charge on any atom is -0.377 e. The molecule has 1 aliphatic heterocycles.